The van der Waals surface area contributed by atoms with Crippen molar-refractivity contribution in [1.29, 1.82) is 0 Å². The SMILES string of the molecule is C/C=C(\C=C/CC)Cc1nnc(OC)o1. The lowest BCUT2D eigenvalue weighted by molar-refractivity contribution is 0.282. The summed E-state index contributed by atoms with van der Waals surface area (Å²) in [7, 11) is 1.50. The summed E-state index contributed by atoms with van der Waals surface area (Å²) < 4.78 is 10.0. The van der Waals surface area contributed by atoms with Gasteiger partial charge < -0.3 is 9.15 Å². The van der Waals surface area contributed by atoms with Crippen LogP contribution in [-0.2, 0) is 6.42 Å². The number of nitrogens with zero attached hydrogens (tertiary/aromatic N) is 2. The van der Waals surface area contributed by atoms with E-state index >= 15 is 0 Å². The van der Waals surface area contributed by atoms with E-state index < -0.39 is 0 Å². The highest BCUT2D eigenvalue weighted by molar-refractivity contribution is 5.20. The Morgan fingerprint density at radius 3 is 2.80 bits per heavy atom. The smallest absolute Gasteiger partial charge is 0.414 e. The van der Waals surface area contributed by atoms with Crippen molar-refractivity contribution < 1.29 is 9.15 Å². The van der Waals surface area contributed by atoms with E-state index in [9.17, 15) is 0 Å². The first-order valence-corrected chi connectivity index (χ1v) is 4.98. The van der Waals surface area contributed by atoms with E-state index in [-0.39, 0.29) is 6.08 Å². The third-order valence-electron chi connectivity index (χ3n) is 1.92. The Hall–Kier alpha value is -1.58. The van der Waals surface area contributed by atoms with E-state index in [4.69, 9.17) is 9.15 Å². The fourth-order valence-corrected chi connectivity index (χ4v) is 1.09. The van der Waals surface area contributed by atoms with Crippen molar-refractivity contribution in [2.75, 3.05) is 7.11 Å². The molecule has 0 N–H and O–H groups in total. The van der Waals surface area contributed by atoms with Gasteiger partial charge in [-0.3, -0.25) is 0 Å². The van der Waals surface area contributed by atoms with Crippen molar-refractivity contribution in [3.8, 4) is 6.08 Å². The predicted molar refractivity (Wildman–Crippen MR) is 57.7 cm³/mol. The van der Waals surface area contributed by atoms with Crippen LogP contribution in [0.3, 0.4) is 0 Å². The summed E-state index contributed by atoms with van der Waals surface area (Å²) in [5.41, 5.74) is 1.16. The first kappa shape index (κ1) is 11.5. The molecule has 1 aromatic heterocycles. The molecule has 0 aliphatic rings. The van der Waals surface area contributed by atoms with Crippen LogP contribution in [0.2, 0.25) is 0 Å². The molecule has 0 aromatic carbocycles. The summed E-state index contributed by atoms with van der Waals surface area (Å²) in [5, 5.41) is 7.58. The van der Waals surface area contributed by atoms with Gasteiger partial charge in [0.25, 0.3) is 0 Å². The summed E-state index contributed by atoms with van der Waals surface area (Å²) in [4.78, 5) is 0. The molecule has 0 saturated carbocycles. The lowest BCUT2D eigenvalue weighted by Crippen LogP contribution is -1.87. The zero-order valence-electron chi connectivity index (χ0n) is 9.36. The Morgan fingerprint density at radius 2 is 2.27 bits per heavy atom. The molecule has 4 nitrogen and oxygen atoms in total. The first-order chi connectivity index (χ1) is 7.30. The molecule has 0 unspecified atom stereocenters. The molecule has 0 spiro atoms. The van der Waals surface area contributed by atoms with E-state index in [0.29, 0.717) is 12.3 Å². The minimum atomic E-state index is 0.208. The molecule has 0 fully saturated rings. The number of hydrogen-bond acceptors (Lipinski definition) is 4. The summed E-state index contributed by atoms with van der Waals surface area (Å²) in [6.07, 6.45) is 8.07. The number of allylic oxidation sites excluding steroid dienone is 4. The molecule has 4 heteroatoms. The molecular formula is C11H16N2O2. The van der Waals surface area contributed by atoms with Gasteiger partial charge in [0.1, 0.15) is 0 Å². The van der Waals surface area contributed by atoms with Gasteiger partial charge in [-0.15, -0.1) is 5.10 Å². The van der Waals surface area contributed by atoms with Gasteiger partial charge in [-0.2, -0.15) is 0 Å². The topological polar surface area (TPSA) is 48.2 Å². The number of ether oxygens (including phenoxy) is 1. The molecule has 82 valence electrons. The highest BCUT2D eigenvalue weighted by Gasteiger charge is 2.06. The van der Waals surface area contributed by atoms with Crippen LogP contribution in [0.25, 0.3) is 0 Å². The molecule has 15 heavy (non-hydrogen) atoms. The molecule has 0 aliphatic heterocycles. The number of rotatable bonds is 5. The maximum absolute atomic E-state index is 5.23. The molecule has 0 bridgehead atoms. The molecule has 0 aliphatic carbocycles. The highest BCUT2D eigenvalue weighted by Crippen LogP contribution is 2.12. The van der Waals surface area contributed by atoms with E-state index in [1.807, 2.05) is 13.0 Å². The van der Waals surface area contributed by atoms with Crippen molar-refractivity contribution >= 4 is 0 Å². The number of aromatic nitrogens is 2. The molecule has 0 saturated heterocycles. The predicted octanol–water partition coefficient (Wildman–Crippen LogP) is 2.53. The van der Waals surface area contributed by atoms with Crippen molar-refractivity contribution in [2.45, 2.75) is 26.7 Å². The number of hydrogen-bond donors (Lipinski definition) is 0. The zero-order chi connectivity index (χ0) is 11.1. The van der Waals surface area contributed by atoms with Gasteiger partial charge in [-0.25, -0.2) is 0 Å². The summed E-state index contributed by atoms with van der Waals surface area (Å²) in [5.74, 6) is 0.570. The average Bonchev–Trinajstić information content (AvgIpc) is 2.71. The van der Waals surface area contributed by atoms with Crippen molar-refractivity contribution in [2.24, 2.45) is 0 Å². The Balaban J connectivity index is 2.63. The molecule has 0 radical (unpaired) electrons. The molecular weight excluding hydrogens is 192 g/mol. The highest BCUT2D eigenvalue weighted by atomic mass is 16.6. The number of methoxy groups -OCH3 is 1. The van der Waals surface area contributed by atoms with Crippen LogP contribution in [0.1, 0.15) is 26.2 Å². The van der Waals surface area contributed by atoms with Crippen LogP contribution in [-0.4, -0.2) is 17.3 Å². The third kappa shape index (κ3) is 3.58. The normalized spacial score (nSPS) is 12.3. The fourth-order valence-electron chi connectivity index (χ4n) is 1.09. The van der Waals surface area contributed by atoms with Crippen molar-refractivity contribution in [3.05, 3.63) is 29.7 Å². The third-order valence-corrected chi connectivity index (χ3v) is 1.92. The van der Waals surface area contributed by atoms with Crippen LogP contribution >= 0.6 is 0 Å². The maximum Gasteiger partial charge on any atom is 0.414 e. The molecule has 1 rings (SSSR count). The van der Waals surface area contributed by atoms with Gasteiger partial charge >= 0.3 is 6.08 Å². The monoisotopic (exact) mass is 208 g/mol. The van der Waals surface area contributed by atoms with Crippen molar-refractivity contribution in [3.63, 3.8) is 0 Å². The van der Waals surface area contributed by atoms with Crippen molar-refractivity contribution in [1.82, 2.24) is 10.2 Å². The van der Waals surface area contributed by atoms with E-state index in [1.54, 1.807) is 0 Å². The van der Waals surface area contributed by atoms with Gasteiger partial charge in [0.05, 0.1) is 13.5 Å². The first-order valence-electron chi connectivity index (χ1n) is 4.98. The van der Waals surface area contributed by atoms with Gasteiger partial charge in [-0.05, 0) is 18.9 Å². The van der Waals surface area contributed by atoms with Crippen LogP contribution in [0.5, 0.6) is 6.08 Å². The van der Waals surface area contributed by atoms with Gasteiger partial charge in [0.2, 0.25) is 5.89 Å². The Labute approximate surface area is 89.7 Å². The average molecular weight is 208 g/mol. The Kier molecular flexibility index (Phi) is 4.60. The minimum absolute atomic E-state index is 0.208. The Morgan fingerprint density at radius 1 is 1.47 bits per heavy atom. The van der Waals surface area contributed by atoms with Crippen LogP contribution in [0.15, 0.2) is 28.2 Å². The standard InChI is InChI=1S/C11H16N2O2/c1-4-6-7-9(5-2)8-10-12-13-11(14-3)15-10/h5-7H,4,8H2,1-3H3/b7-6-,9-5+. The van der Waals surface area contributed by atoms with Crippen LogP contribution in [0.4, 0.5) is 0 Å². The minimum Gasteiger partial charge on any atom is -0.452 e. The van der Waals surface area contributed by atoms with Crippen LogP contribution in [0, 0.1) is 0 Å². The van der Waals surface area contributed by atoms with E-state index in [1.165, 1.54) is 7.11 Å². The molecule has 1 heterocycles. The second kappa shape index (κ2) is 6.01. The van der Waals surface area contributed by atoms with E-state index in [0.717, 1.165) is 12.0 Å². The molecule has 0 amide bonds. The molecule has 0 atom stereocenters. The van der Waals surface area contributed by atoms with Gasteiger partial charge in [-0.1, -0.05) is 30.3 Å². The maximum atomic E-state index is 5.23. The summed E-state index contributed by atoms with van der Waals surface area (Å²) in [6, 6.07) is 0. The second-order valence-electron chi connectivity index (χ2n) is 3.02. The lowest BCUT2D eigenvalue weighted by Gasteiger charge is -1.95. The van der Waals surface area contributed by atoms with Gasteiger partial charge in [0, 0.05) is 0 Å². The zero-order valence-corrected chi connectivity index (χ0v) is 9.36. The van der Waals surface area contributed by atoms with E-state index in [2.05, 4.69) is 29.3 Å². The Bertz CT molecular complexity index is 353. The lowest BCUT2D eigenvalue weighted by atomic mass is 10.1. The quantitative estimate of drug-likeness (QED) is 0.698. The van der Waals surface area contributed by atoms with Crippen LogP contribution < -0.4 is 4.74 Å². The second-order valence-corrected chi connectivity index (χ2v) is 3.02. The summed E-state index contributed by atoms with van der Waals surface area (Å²) in [6.45, 7) is 4.09. The fraction of sp³-hybridized carbons (Fsp3) is 0.455. The summed E-state index contributed by atoms with van der Waals surface area (Å²) >= 11 is 0. The largest absolute Gasteiger partial charge is 0.452 e. The van der Waals surface area contributed by atoms with Gasteiger partial charge in [0.15, 0.2) is 0 Å². The molecule has 1 aromatic rings.